The summed E-state index contributed by atoms with van der Waals surface area (Å²) in [4.78, 5) is 12.5. The molecule has 1 aliphatic rings. The number of sulfonamides is 2. The maximum absolute atomic E-state index is 12.7. The summed E-state index contributed by atoms with van der Waals surface area (Å²) in [6, 6.07) is 17.7. The number of hydrogen-bond acceptors (Lipinski definition) is 6. The average molecular weight is 558 g/mol. The van der Waals surface area contributed by atoms with Gasteiger partial charge in [0.25, 0.3) is 15.9 Å². The third kappa shape index (κ3) is 6.91. The fourth-order valence-corrected chi connectivity index (χ4v) is 6.78. The van der Waals surface area contributed by atoms with E-state index in [1.807, 2.05) is 19.9 Å². The zero-order valence-corrected chi connectivity index (χ0v) is 22.9. The minimum Gasteiger partial charge on any atom is -0.484 e. The van der Waals surface area contributed by atoms with Gasteiger partial charge in [-0.15, -0.1) is 0 Å². The van der Waals surface area contributed by atoms with Gasteiger partial charge >= 0.3 is 0 Å². The van der Waals surface area contributed by atoms with Gasteiger partial charge in [-0.25, -0.2) is 16.8 Å². The van der Waals surface area contributed by atoms with Crippen molar-refractivity contribution in [3.8, 4) is 5.75 Å². The third-order valence-corrected chi connectivity index (χ3v) is 9.40. The lowest BCUT2D eigenvalue weighted by atomic mass is 10.1. The van der Waals surface area contributed by atoms with E-state index >= 15 is 0 Å². The van der Waals surface area contributed by atoms with E-state index < -0.39 is 20.0 Å². The molecule has 1 fully saturated rings. The van der Waals surface area contributed by atoms with Crippen LogP contribution < -0.4 is 14.8 Å². The first-order valence-corrected chi connectivity index (χ1v) is 15.1. The van der Waals surface area contributed by atoms with Gasteiger partial charge in [-0.3, -0.25) is 9.52 Å². The first kappa shape index (κ1) is 27.6. The summed E-state index contributed by atoms with van der Waals surface area (Å²) >= 11 is 0. The minimum atomic E-state index is -3.78. The van der Waals surface area contributed by atoms with E-state index in [-0.39, 0.29) is 28.8 Å². The SMILES string of the molecule is Cc1cc(C)cc(NS(=O)(=O)c2ccc(OCC(=O)NCc3ccc(S(=O)(=O)N4CCCC4)cc3)cc2)c1. The molecule has 0 aliphatic carbocycles. The van der Waals surface area contributed by atoms with Gasteiger partial charge in [0.15, 0.2) is 6.61 Å². The summed E-state index contributed by atoms with van der Waals surface area (Å²) < 4.78 is 60.2. The number of aryl methyl sites for hydroxylation is 2. The highest BCUT2D eigenvalue weighted by atomic mass is 32.2. The van der Waals surface area contributed by atoms with Crippen LogP contribution in [0.2, 0.25) is 0 Å². The maximum atomic E-state index is 12.7. The Bertz CT molecular complexity index is 1480. The molecule has 0 unspecified atom stereocenters. The van der Waals surface area contributed by atoms with E-state index in [2.05, 4.69) is 10.0 Å². The smallest absolute Gasteiger partial charge is 0.261 e. The van der Waals surface area contributed by atoms with Crippen LogP contribution in [0.25, 0.3) is 0 Å². The molecule has 0 saturated carbocycles. The van der Waals surface area contributed by atoms with Crippen LogP contribution in [0.5, 0.6) is 5.75 Å². The van der Waals surface area contributed by atoms with Crippen molar-refractivity contribution in [2.24, 2.45) is 0 Å². The largest absolute Gasteiger partial charge is 0.484 e. The Kier molecular flexibility index (Phi) is 8.39. The van der Waals surface area contributed by atoms with Gasteiger partial charge in [-0.05, 0) is 91.9 Å². The number of carbonyl (C=O) groups is 1. The predicted molar refractivity (Wildman–Crippen MR) is 145 cm³/mol. The lowest BCUT2D eigenvalue weighted by Gasteiger charge is -2.15. The molecule has 2 N–H and O–H groups in total. The number of ether oxygens (including phenoxy) is 1. The minimum absolute atomic E-state index is 0.0728. The molecular weight excluding hydrogens is 526 g/mol. The van der Waals surface area contributed by atoms with Crippen molar-refractivity contribution in [2.75, 3.05) is 24.4 Å². The van der Waals surface area contributed by atoms with Crippen LogP contribution in [-0.4, -0.2) is 46.7 Å². The average Bonchev–Trinajstić information content (AvgIpc) is 3.42. The molecule has 0 aromatic heterocycles. The second-order valence-electron chi connectivity index (χ2n) is 9.27. The van der Waals surface area contributed by atoms with Crippen LogP contribution in [0, 0.1) is 13.8 Å². The van der Waals surface area contributed by atoms with Crippen molar-refractivity contribution in [1.29, 1.82) is 0 Å². The molecule has 1 heterocycles. The summed E-state index contributed by atoms with van der Waals surface area (Å²) in [7, 11) is -7.25. The highest BCUT2D eigenvalue weighted by Gasteiger charge is 2.26. The molecule has 0 spiro atoms. The van der Waals surface area contributed by atoms with Gasteiger partial charge in [-0.2, -0.15) is 4.31 Å². The van der Waals surface area contributed by atoms with Crippen LogP contribution in [0.15, 0.2) is 76.5 Å². The van der Waals surface area contributed by atoms with E-state index in [4.69, 9.17) is 4.74 Å². The van der Waals surface area contributed by atoms with Crippen molar-refractivity contribution in [3.05, 3.63) is 83.4 Å². The summed E-state index contributed by atoms with van der Waals surface area (Å²) in [5.41, 5.74) is 3.14. The van der Waals surface area contributed by atoms with E-state index in [1.54, 1.807) is 36.4 Å². The monoisotopic (exact) mass is 557 g/mol. The summed E-state index contributed by atoms with van der Waals surface area (Å²) in [6.07, 6.45) is 1.75. The number of nitrogens with zero attached hydrogens (tertiary/aromatic N) is 1. The van der Waals surface area contributed by atoms with Gasteiger partial charge in [0, 0.05) is 25.3 Å². The zero-order valence-electron chi connectivity index (χ0n) is 21.3. The fraction of sp³-hybridized carbons (Fsp3) is 0.296. The molecule has 1 saturated heterocycles. The van der Waals surface area contributed by atoms with E-state index in [1.165, 1.54) is 28.6 Å². The highest BCUT2D eigenvalue weighted by Crippen LogP contribution is 2.22. The molecule has 0 bridgehead atoms. The van der Waals surface area contributed by atoms with Crippen LogP contribution >= 0.6 is 0 Å². The zero-order chi connectivity index (χ0) is 27.3. The second-order valence-corrected chi connectivity index (χ2v) is 12.9. The lowest BCUT2D eigenvalue weighted by molar-refractivity contribution is -0.123. The van der Waals surface area contributed by atoms with Crippen molar-refractivity contribution in [3.63, 3.8) is 0 Å². The summed E-state index contributed by atoms with van der Waals surface area (Å²) in [6.45, 7) is 4.84. The number of carbonyl (C=O) groups excluding carboxylic acids is 1. The predicted octanol–water partition coefficient (Wildman–Crippen LogP) is 3.58. The Hall–Kier alpha value is -3.41. The Labute approximate surface area is 223 Å². The van der Waals surface area contributed by atoms with Crippen molar-refractivity contribution >= 4 is 31.6 Å². The van der Waals surface area contributed by atoms with Crippen molar-refractivity contribution < 1.29 is 26.4 Å². The van der Waals surface area contributed by atoms with Crippen molar-refractivity contribution in [1.82, 2.24) is 9.62 Å². The van der Waals surface area contributed by atoms with Crippen LogP contribution in [-0.2, 0) is 31.4 Å². The third-order valence-electron chi connectivity index (χ3n) is 6.09. The van der Waals surface area contributed by atoms with Crippen LogP contribution in [0.3, 0.4) is 0 Å². The second kappa shape index (κ2) is 11.5. The van der Waals surface area contributed by atoms with Crippen molar-refractivity contribution in [2.45, 2.75) is 43.0 Å². The topological polar surface area (TPSA) is 122 Å². The van der Waals surface area contributed by atoms with E-state index in [0.717, 1.165) is 29.5 Å². The molecule has 11 heteroatoms. The van der Waals surface area contributed by atoms with Crippen LogP contribution in [0.1, 0.15) is 29.5 Å². The number of nitrogens with one attached hydrogen (secondary N) is 2. The molecule has 4 rings (SSSR count). The maximum Gasteiger partial charge on any atom is 0.261 e. The number of benzene rings is 3. The highest BCUT2D eigenvalue weighted by molar-refractivity contribution is 7.92. The number of rotatable bonds is 10. The molecule has 0 atom stereocenters. The van der Waals surface area contributed by atoms with Gasteiger partial charge in [0.2, 0.25) is 10.0 Å². The Balaban J connectivity index is 1.26. The Morgan fingerprint density at radius 2 is 1.42 bits per heavy atom. The Morgan fingerprint density at radius 1 is 0.842 bits per heavy atom. The van der Waals surface area contributed by atoms with Gasteiger partial charge < -0.3 is 10.1 Å². The van der Waals surface area contributed by atoms with Gasteiger partial charge in [0.1, 0.15) is 5.75 Å². The fourth-order valence-electron chi connectivity index (χ4n) is 4.22. The number of amides is 1. The lowest BCUT2D eigenvalue weighted by Crippen LogP contribution is -2.29. The molecule has 9 nitrogen and oxygen atoms in total. The Morgan fingerprint density at radius 3 is 2.03 bits per heavy atom. The molecule has 3 aromatic rings. The van der Waals surface area contributed by atoms with E-state index in [0.29, 0.717) is 24.5 Å². The first-order valence-electron chi connectivity index (χ1n) is 12.2. The first-order chi connectivity index (χ1) is 18.0. The standard InChI is InChI=1S/C27H31N3O6S2/c1-20-15-21(2)17-23(16-20)29-37(32,33)25-11-7-24(8-12-25)36-19-27(31)28-18-22-5-9-26(10-6-22)38(34,35)30-13-3-4-14-30/h5-12,15-17,29H,3-4,13-14,18-19H2,1-2H3,(H,28,31). The molecule has 3 aromatic carbocycles. The van der Waals surface area contributed by atoms with Gasteiger partial charge in [0.05, 0.1) is 9.79 Å². The molecule has 202 valence electrons. The quantitative estimate of drug-likeness (QED) is 0.393. The molecule has 1 aliphatic heterocycles. The molecule has 38 heavy (non-hydrogen) atoms. The number of anilines is 1. The normalized spacial score (nSPS) is 14.3. The van der Waals surface area contributed by atoms with Gasteiger partial charge in [-0.1, -0.05) is 18.2 Å². The number of hydrogen-bond donors (Lipinski definition) is 2. The molecular formula is C27H31N3O6S2. The summed E-state index contributed by atoms with van der Waals surface area (Å²) in [5, 5.41) is 2.72. The summed E-state index contributed by atoms with van der Waals surface area (Å²) in [5.74, 6) is -0.0195. The van der Waals surface area contributed by atoms with E-state index in [9.17, 15) is 21.6 Å². The van der Waals surface area contributed by atoms with Crippen LogP contribution in [0.4, 0.5) is 5.69 Å². The molecule has 0 radical (unpaired) electrons. The molecule has 1 amide bonds.